The number of ether oxygens (including phenoxy) is 1. The van der Waals surface area contributed by atoms with E-state index in [9.17, 15) is 0 Å². The third kappa shape index (κ3) is 3.72. The molecule has 1 fully saturated rings. The third-order valence-corrected chi connectivity index (χ3v) is 3.40. The van der Waals surface area contributed by atoms with Crippen LogP contribution in [0.4, 0.5) is 0 Å². The standard InChI is InChI=1S/C14H22N2O/c1-16-10-9-15-13(11-16)6-3-12-4-7-14(17-2)8-5-12/h4-5,7-8,13,15H,3,6,9-11H2,1-2H3. The first-order valence-electron chi connectivity index (χ1n) is 6.33. The molecule has 1 N–H and O–H groups in total. The van der Waals surface area contributed by atoms with Gasteiger partial charge in [0.25, 0.3) is 0 Å². The summed E-state index contributed by atoms with van der Waals surface area (Å²) in [5.41, 5.74) is 1.39. The second-order valence-corrected chi connectivity index (χ2v) is 4.80. The summed E-state index contributed by atoms with van der Waals surface area (Å²) in [7, 11) is 3.90. The number of rotatable bonds is 4. The molecule has 0 saturated carbocycles. The highest BCUT2D eigenvalue weighted by Crippen LogP contribution is 2.13. The van der Waals surface area contributed by atoms with Crippen LogP contribution < -0.4 is 10.1 Å². The van der Waals surface area contributed by atoms with Gasteiger partial charge in [0.2, 0.25) is 0 Å². The normalized spacial score (nSPS) is 21.4. The molecule has 0 aliphatic carbocycles. The van der Waals surface area contributed by atoms with Crippen LogP contribution in [0.5, 0.6) is 5.75 Å². The zero-order valence-electron chi connectivity index (χ0n) is 10.8. The predicted octanol–water partition coefficient (Wildman–Crippen LogP) is 1.53. The monoisotopic (exact) mass is 234 g/mol. The molecular weight excluding hydrogens is 212 g/mol. The van der Waals surface area contributed by atoms with Crippen molar-refractivity contribution in [3.8, 4) is 5.75 Å². The van der Waals surface area contributed by atoms with E-state index >= 15 is 0 Å². The fraction of sp³-hybridized carbons (Fsp3) is 0.571. The van der Waals surface area contributed by atoms with Crippen LogP contribution in [0.25, 0.3) is 0 Å². The van der Waals surface area contributed by atoms with E-state index in [4.69, 9.17) is 4.74 Å². The molecule has 1 heterocycles. The highest BCUT2D eigenvalue weighted by Gasteiger charge is 2.15. The molecule has 1 aliphatic heterocycles. The van der Waals surface area contributed by atoms with Gasteiger partial charge in [-0.25, -0.2) is 0 Å². The number of hydrogen-bond acceptors (Lipinski definition) is 3. The molecule has 1 aromatic carbocycles. The predicted molar refractivity (Wildman–Crippen MR) is 70.6 cm³/mol. The molecule has 1 saturated heterocycles. The van der Waals surface area contributed by atoms with E-state index in [1.807, 2.05) is 12.1 Å². The van der Waals surface area contributed by atoms with Crippen molar-refractivity contribution in [3.05, 3.63) is 29.8 Å². The van der Waals surface area contributed by atoms with Gasteiger partial charge in [-0.3, -0.25) is 0 Å². The number of benzene rings is 1. The maximum absolute atomic E-state index is 5.16. The molecule has 1 aliphatic rings. The molecule has 0 bridgehead atoms. The second kappa shape index (κ2) is 6.03. The zero-order valence-corrected chi connectivity index (χ0v) is 10.8. The van der Waals surface area contributed by atoms with Gasteiger partial charge >= 0.3 is 0 Å². The second-order valence-electron chi connectivity index (χ2n) is 4.80. The molecule has 1 aromatic rings. The van der Waals surface area contributed by atoms with E-state index in [1.54, 1.807) is 7.11 Å². The van der Waals surface area contributed by atoms with E-state index in [-0.39, 0.29) is 0 Å². The van der Waals surface area contributed by atoms with E-state index in [1.165, 1.54) is 18.5 Å². The van der Waals surface area contributed by atoms with Crippen LogP contribution in [0.3, 0.4) is 0 Å². The van der Waals surface area contributed by atoms with E-state index in [2.05, 4.69) is 29.4 Å². The molecule has 3 nitrogen and oxygen atoms in total. The Morgan fingerprint density at radius 1 is 1.35 bits per heavy atom. The van der Waals surface area contributed by atoms with Crippen LogP contribution in [0.15, 0.2) is 24.3 Å². The Kier molecular flexibility index (Phi) is 4.40. The van der Waals surface area contributed by atoms with E-state index in [0.29, 0.717) is 6.04 Å². The maximum atomic E-state index is 5.16. The fourth-order valence-electron chi connectivity index (χ4n) is 2.32. The Hall–Kier alpha value is -1.06. The SMILES string of the molecule is COc1ccc(CCC2CN(C)CCN2)cc1. The van der Waals surface area contributed by atoms with Gasteiger partial charge in [-0.2, -0.15) is 0 Å². The van der Waals surface area contributed by atoms with Gasteiger partial charge in [0.1, 0.15) is 5.75 Å². The van der Waals surface area contributed by atoms with Gasteiger partial charge in [0, 0.05) is 25.7 Å². The van der Waals surface area contributed by atoms with Crippen molar-refractivity contribution >= 4 is 0 Å². The maximum Gasteiger partial charge on any atom is 0.118 e. The first-order valence-corrected chi connectivity index (χ1v) is 6.33. The van der Waals surface area contributed by atoms with Gasteiger partial charge in [-0.15, -0.1) is 0 Å². The lowest BCUT2D eigenvalue weighted by molar-refractivity contribution is 0.232. The number of aryl methyl sites for hydroxylation is 1. The summed E-state index contributed by atoms with van der Waals surface area (Å²) in [6.07, 6.45) is 2.34. The number of hydrogen-bond donors (Lipinski definition) is 1. The molecule has 1 unspecified atom stereocenters. The number of nitrogens with one attached hydrogen (secondary N) is 1. The van der Waals surface area contributed by atoms with Crippen molar-refractivity contribution < 1.29 is 4.74 Å². The quantitative estimate of drug-likeness (QED) is 0.855. The summed E-state index contributed by atoms with van der Waals surface area (Å²) < 4.78 is 5.16. The average Bonchev–Trinajstić information content (AvgIpc) is 2.37. The molecule has 3 heteroatoms. The molecule has 0 amide bonds. The lowest BCUT2D eigenvalue weighted by atomic mass is 10.0. The summed E-state index contributed by atoms with van der Waals surface area (Å²) >= 11 is 0. The Labute approximate surface area is 104 Å². The van der Waals surface area contributed by atoms with Crippen LogP contribution >= 0.6 is 0 Å². The topological polar surface area (TPSA) is 24.5 Å². The molecule has 94 valence electrons. The van der Waals surface area contributed by atoms with Crippen LogP contribution in [-0.4, -0.2) is 44.7 Å². The fourth-order valence-corrected chi connectivity index (χ4v) is 2.32. The molecule has 1 atom stereocenters. The van der Waals surface area contributed by atoms with Gasteiger partial charge in [0.15, 0.2) is 0 Å². The van der Waals surface area contributed by atoms with Gasteiger partial charge in [0.05, 0.1) is 7.11 Å². The molecule has 2 rings (SSSR count). The molecular formula is C14H22N2O. The van der Waals surface area contributed by atoms with E-state index in [0.717, 1.165) is 25.3 Å². The Balaban J connectivity index is 1.80. The lowest BCUT2D eigenvalue weighted by Gasteiger charge is -2.30. The van der Waals surface area contributed by atoms with Crippen molar-refractivity contribution in [2.45, 2.75) is 18.9 Å². The van der Waals surface area contributed by atoms with Crippen LogP contribution in [0, 0.1) is 0 Å². The zero-order chi connectivity index (χ0) is 12.1. The van der Waals surface area contributed by atoms with E-state index < -0.39 is 0 Å². The van der Waals surface area contributed by atoms with Gasteiger partial charge in [-0.05, 0) is 37.6 Å². The van der Waals surface area contributed by atoms with Crippen molar-refractivity contribution in [2.24, 2.45) is 0 Å². The highest BCUT2D eigenvalue weighted by molar-refractivity contribution is 5.27. The first kappa shape index (κ1) is 12.4. The minimum Gasteiger partial charge on any atom is -0.497 e. The third-order valence-electron chi connectivity index (χ3n) is 3.40. The summed E-state index contributed by atoms with van der Waals surface area (Å²) in [5, 5.41) is 3.58. The Bertz CT molecular complexity index is 337. The van der Waals surface area contributed by atoms with Crippen molar-refractivity contribution in [1.29, 1.82) is 0 Å². The van der Waals surface area contributed by atoms with Crippen molar-refractivity contribution in [2.75, 3.05) is 33.8 Å². The number of likely N-dealkylation sites (N-methyl/N-ethyl adjacent to an activating group) is 1. The average molecular weight is 234 g/mol. The molecule has 17 heavy (non-hydrogen) atoms. The molecule has 0 aromatic heterocycles. The summed E-state index contributed by atoms with van der Waals surface area (Å²) in [6, 6.07) is 9.03. The van der Waals surface area contributed by atoms with Crippen LogP contribution in [0.2, 0.25) is 0 Å². The smallest absolute Gasteiger partial charge is 0.118 e. The molecule has 0 spiro atoms. The highest BCUT2D eigenvalue weighted by atomic mass is 16.5. The van der Waals surface area contributed by atoms with Crippen molar-refractivity contribution in [1.82, 2.24) is 10.2 Å². The Morgan fingerprint density at radius 3 is 2.76 bits per heavy atom. The van der Waals surface area contributed by atoms with Gasteiger partial charge < -0.3 is 15.0 Å². The largest absolute Gasteiger partial charge is 0.497 e. The van der Waals surface area contributed by atoms with Crippen LogP contribution in [-0.2, 0) is 6.42 Å². The minimum absolute atomic E-state index is 0.635. The first-order chi connectivity index (χ1) is 8.28. The van der Waals surface area contributed by atoms with Crippen molar-refractivity contribution in [3.63, 3.8) is 0 Å². The van der Waals surface area contributed by atoms with Gasteiger partial charge in [-0.1, -0.05) is 12.1 Å². The summed E-state index contributed by atoms with van der Waals surface area (Å²) in [5.74, 6) is 0.935. The number of nitrogens with zero attached hydrogens (tertiary/aromatic N) is 1. The van der Waals surface area contributed by atoms with Crippen LogP contribution in [0.1, 0.15) is 12.0 Å². The number of piperazine rings is 1. The lowest BCUT2D eigenvalue weighted by Crippen LogP contribution is -2.49. The molecule has 0 radical (unpaired) electrons. The Morgan fingerprint density at radius 2 is 2.12 bits per heavy atom. The summed E-state index contributed by atoms with van der Waals surface area (Å²) in [4.78, 5) is 2.40. The number of methoxy groups -OCH3 is 1. The minimum atomic E-state index is 0.635. The summed E-state index contributed by atoms with van der Waals surface area (Å²) in [6.45, 7) is 3.44.